The van der Waals surface area contributed by atoms with Gasteiger partial charge in [-0.2, -0.15) is 13.2 Å². The summed E-state index contributed by atoms with van der Waals surface area (Å²) in [6.07, 6.45) is 1.89. The van der Waals surface area contributed by atoms with E-state index in [-0.39, 0.29) is 5.75 Å². The van der Waals surface area contributed by atoms with Gasteiger partial charge in [-0.05, 0) is 24.6 Å². The van der Waals surface area contributed by atoms with E-state index >= 15 is 0 Å². The largest absolute Gasteiger partial charge is 0.493 e. The standard InChI is InChI=1S/C17H20F3N2OS/c1-2-3-4-5-6-7-10-23-15-9-8-13(16-22-21-12-24-16)11-14(15)17(18,19)20/h8-9,11H,2-7,10H2,1H3. The van der Waals surface area contributed by atoms with Crippen molar-refractivity contribution in [3.8, 4) is 16.3 Å². The minimum atomic E-state index is -4.47. The van der Waals surface area contributed by atoms with Crippen LogP contribution in [0, 0.1) is 5.51 Å². The summed E-state index contributed by atoms with van der Waals surface area (Å²) < 4.78 is 45.2. The normalized spacial score (nSPS) is 11.7. The van der Waals surface area contributed by atoms with Crippen LogP contribution in [-0.2, 0) is 6.18 Å². The molecule has 0 atom stereocenters. The average Bonchev–Trinajstić information content (AvgIpc) is 3.07. The quantitative estimate of drug-likeness (QED) is 0.535. The van der Waals surface area contributed by atoms with Crippen molar-refractivity contribution in [2.45, 2.75) is 51.6 Å². The van der Waals surface area contributed by atoms with E-state index in [0.29, 0.717) is 17.2 Å². The highest BCUT2D eigenvalue weighted by molar-refractivity contribution is 7.12. The fourth-order valence-electron chi connectivity index (χ4n) is 2.34. The van der Waals surface area contributed by atoms with Gasteiger partial charge in [-0.15, -0.1) is 10.2 Å². The highest BCUT2D eigenvalue weighted by Gasteiger charge is 2.35. The van der Waals surface area contributed by atoms with Gasteiger partial charge in [0.05, 0.1) is 12.2 Å². The van der Waals surface area contributed by atoms with Gasteiger partial charge in [0.15, 0.2) is 5.51 Å². The fourth-order valence-corrected chi connectivity index (χ4v) is 2.84. The lowest BCUT2D eigenvalue weighted by Gasteiger charge is -2.15. The zero-order valence-electron chi connectivity index (χ0n) is 13.5. The van der Waals surface area contributed by atoms with Crippen LogP contribution < -0.4 is 4.74 Å². The molecule has 0 aliphatic carbocycles. The zero-order valence-corrected chi connectivity index (χ0v) is 14.3. The van der Waals surface area contributed by atoms with Crippen molar-refractivity contribution >= 4 is 11.3 Å². The molecule has 0 spiro atoms. The Balaban J connectivity index is 1.99. The van der Waals surface area contributed by atoms with Crippen LogP contribution in [0.25, 0.3) is 10.6 Å². The Labute approximate surface area is 143 Å². The van der Waals surface area contributed by atoms with Crippen molar-refractivity contribution < 1.29 is 17.9 Å². The van der Waals surface area contributed by atoms with E-state index in [9.17, 15) is 13.2 Å². The molecular weight excluding hydrogens is 337 g/mol. The smallest absolute Gasteiger partial charge is 0.419 e. The van der Waals surface area contributed by atoms with E-state index in [1.807, 2.05) is 0 Å². The molecule has 1 aromatic heterocycles. The molecule has 0 saturated carbocycles. The second-order valence-corrected chi connectivity index (χ2v) is 6.30. The summed E-state index contributed by atoms with van der Waals surface area (Å²) in [6, 6.07) is 3.99. The molecule has 0 fully saturated rings. The van der Waals surface area contributed by atoms with Crippen molar-refractivity contribution in [2.75, 3.05) is 6.61 Å². The number of ether oxygens (including phenoxy) is 1. The number of alkyl halides is 3. The summed E-state index contributed by atoms with van der Waals surface area (Å²) in [4.78, 5) is 0. The lowest BCUT2D eigenvalue weighted by molar-refractivity contribution is -0.138. The third-order valence-corrected chi connectivity index (χ3v) is 4.29. The molecule has 0 amide bonds. The van der Waals surface area contributed by atoms with E-state index < -0.39 is 11.7 Å². The molecule has 0 N–H and O–H groups in total. The topological polar surface area (TPSA) is 35.0 Å². The third kappa shape index (κ3) is 5.47. The lowest BCUT2D eigenvalue weighted by atomic mass is 10.1. The molecule has 3 nitrogen and oxygen atoms in total. The second kappa shape index (κ2) is 9.01. The van der Waals surface area contributed by atoms with Gasteiger partial charge in [-0.1, -0.05) is 50.4 Å². The highest BCUT2D eigenvalue weighted by atomic mass is 32.1. The van der Waals surface area contributed by atoms with Gasteiger partial charge in [0.25, 0.3) is 0 Å². The Bertz CT molecular complexity index is 615. The Morgan fingerprint density at radius 3 is 2.54 bits per heavy atom. The molecule has 2 rings (SSSR count). The molecule has 1 heterocycles. The maximum atomic E-state index is 13.3. The van der Waals surface area contributed by atoms with Crippen molar-refractivity contribution in [1.82, 2.24) is 10.2 Å². The summed E-state index contributed by atoms with van der Waals surface area (Å²) in [5.41, 5.74) is 2.12. The number of halogens is 3. The van der Waals surface area contributed by atoms with Crippen LogP contribution in [0.4, 0.5) is 13.2 Å². The first-order valence-corrected chi connectivity index (χ1v) is 8.88. The second-order valence-electron chi connectivity index (χ2n) is 5.52. The average molecular weight is 357 g/mol. The predicted octanol–water partition coefficient (Wildman–Crippen LogP) is 5.76. The highest BCUT2D eigenvalue weighted by Crippen LogP contribution is 2.39. The van der Waals surface area contributed by atoms with Crippen LogP contribution in [-0.4, -0.2) is 16.8 Å². The monoisotopic (exact) mass is 357 g/mol. The first kappa shape index (κ1) is 18.7. The van der Waals surface area contributed by atoms with Crippen LogP contribution >= 0.6 is 11.3 Å². The van der Waals surface area contributed by atoms with Crippen molar-refractivity contribution in [2.24, 2.45) is 0 Å². The Morgan fingerprint density at radius 1 is 1.12 bits per heavy atom. The summed E-state index contributed by atoms with van der Waals surface area (Å²) in [6.45, 7) is 2.44. The molecule has 0 saturated heterocycles. The molecule has 7 heteroatoms. The van der Waals surface area contributed by atoms with Crippen molar-refractivity contribution in [3.05, 3.63) is 29.3 Å². The van der Waals surface area contributed by atoms with Crippen LogP contribution in [0.3, 0.4) is 0 Å². The molecule has 24 heavy (non-hydrogen) atoms. The summed E-state index contributed by atoms with van der Waals surface area (Å²) in [5, 5.41) is 7.70. The van der Waals surface area contributed by atoms with Crippen LogP contribution in [0.1, 0.15) is 51.0 Å². The van der Waals surface area contributed by atoms with Gasteiger partial charge in [0.2, 0.25) is 0 Å². The lowest BCUT2D eigenvalue weighted by Crippen LogP contribution is -2.09. The number of benzene rings is 1. The van der Waals surface area contributed by atoms with E-state index in [1.54, 1.807) is 6.07 Å². The van der Waals surface area contributed by atoms with E-state index in [2.05, 4.69) is 22.6 Å². The van der Waals surface area contributed by atoms with E-state index in [0.717, 1.165) is 43.1 Å². The van der Waals surface area contributed by atoms with Gasteiger partial charge in [0, 0.05) is 5.56 Å². The number of hydrogen-bond donors (Lipinski definition) is 0. The van der Waals surface area contributed by atoms with Crippen molar-refractivity contribution in [1.29, 1.82) is 0 Å². The molecular formula is C17H20F3N2OS. The fraction of sp³-hybridized carbons (Fsp3) is 0.529. The van der Waals surface area contributed by atoms with Gasteiger partial charge < -0.3 is 4.74 Å². The summed E-state index contributed by atoms with van der Waals surface area (Å²) in [5.74, 6) is -0.131. The SMILES string of the molecule is CCCCCCCCOc1ccc(-c2nn[c]s2)cc1C(F)(F)F. The van der Waals surface area contributed by atoms with Crippen LogP contribution in [0.15, 0.2) is 18.2 Å². The molecule has 0 unspecified atom stereocenters. The van der Waals surface area contributed by atoms with Gasteiger partial charge in [-0.3, -0.25) is 0 Å². The van der Waals surface area contributed by atoms with Gasteiger partial charge in [0.1, 0.15) is 10.8 Å². The zero-order chi connectivity index (χ0) is 17.4. The maximum Gasteiger partial charge on any atom is 0.419 e. The Kier molecular flexibility index (Phi) is 7.02. The van der Waals surface area contributed by atoms with E-state index in [1.165, 1.54) is 18.9 Å². The third-order valence-electron chi connectivity index (χ3n) is 3.61. The van der Waals surface area contributed by atoms with Crippen LogP contribution in [0.5, 0.6) is 5.75 Å². The molecule has 0 aliphatic heterocycles. The molecule has 0 aliphatic rings. The minimum Gasteiger partial charge on any atom is -0.493 e. The summed E-state index contributed by atoms with van der Waals surface area (Å²) in [7, 11) is 0. The number of aromatic nitrogens is 2. The predicted molar refractivity (Wildman–Crippen MR) is 88.1 cm³/mol. The van der Waals surface area contributed by atoms with Gasteiger partial charge in [-0.25, -0.2) is 0 Å². The van der Waals surface area contributed by atoms with Gasteiger partial charge >= 0.3 is 6.18 Å². The first-order valence-electron chi connectivity index (χ1n) is 8.06. The number of hydrogen-bond acceptors (Lipinski definition) is 4. The summed E-state index contributed by atoms with van der Waals surface area (Å²) >= 11 is 1.08. The molecule has 1 radical (unpaired) electrons. The first-order chi connectivity index (χ1) is 11.5. The molecule has 1 aromatic carbocycles. The molecule has 2 aromatic rings. The number of nitrogens with zero attached hydrogens (tertiary/aromatic N) is 2. The van der Waals surface area contributed by atoms with Crippen LogP contribution in [0.2, 0.25) is 0 Å². The molecule has 0 bridgehead atoms. The molecule has 131 valence electrons. The Morgan fingerprint density at radius 2 is 1.88 bits per heavy atom. The number of rotatable bonds is 9. The minimum absolute atomic E-state index is 0.131. The van der Waals surface area contributed by atoms with E-state index in [4.69, 9.17) is 4.74 Å². The van der Waals surface area contributed by atoms with Crippen molar-refractivity contribution in [3.63, 3.8) is 0 Å². The number of unbranched alkanes of at least 4 members (excludes halogenated alkanes) is 5. The Hall–Kier alpha value is -1.63. The maximum absolute atomic E-state index is 13.3.